The number of allylic oxidation sites excluding steroid dienone is 2. The number of cyclic esters (lactones) is 1. The summed E-state index contributed by atoms with van der Waals surface area (Å²) >= 11 is 0. The molecule has 1 atom stereocenters. The van der Waals surface area contributed by atoms with Crippen LogP contribution in [-0.2, 0) is 27.3 Å². The highest BCUT2D eigenvalue weighted by Crippen LogP contribution is 2.42. The highest BCUT2D eigenvalue weighted by molar-refractivity contribution is 6.01. The zero-order valence-corrected chi connectivity index (χ0v) is 21.7. The molecule has 0 radical (unpaired) electrons. The van der Waals surface area contributed by atoms with Gasteiger partial charge in [-0.05, 0) is 65.0 Å². The summed E-state index contributed by atoms with van der Waals surface area (Å²) in [5.41, 5.74) is 5.07. The number of hydrogen-bond acceptors (Lipinski definition) is 7. The molecule has 0 aromatic heterocycles. The third-order valence-electron chi connectivity index (χ3n) is 6.93. The average Bonchev–Trinajstić information content (AvgIpc) is 3.21. The molecule has 2 aliphatic rings. The summed E-state index contributed by atoms with van der Waals surface area (Å²) < 4.78 is 16.6. The monoisotopic (exact) mass is 488 g/mol. The summed E-state index contributed by atoms with van der Waals surface area (Å²) in [6.45, 7) is 12.6. The number of aliphatic carboxylic acids is 1. The Kier molecular flexibility index (Phi) is 9.57. The van der Waals surface area contributed by atoms with Gasteiger partial charge in [0.05, 0.1) is 38.0 Å². The molecule has 0 amide bonds. The number of anilines is 1. The number of esters is 1. The van der Waals surface area contributed by atoms with Gasteiger partial charge in [-0.15, -0.1) is 0 Å². The van der Waals surface area contributed by atoms with Crippen molar-refractivity contribution in [1.82, 2.24) is 4.90 Å². The number of nitrogens with one attached hydrogen (secondary N) is 1. The van der Waals surface area contributed by atoms with E-state index < -0.39 is 5.97 Å². The number of rotatable bonds is 12. The van der Waals surface area contributed by atoms with E-state index in [-0.39, 0.29) is 31.0 Å². The maximum atomic E-state index is 12.6. The zero-order chi connectivity index (χ0) is 25.5. The Morgan fingerprint density at radius 1 is 1.29 bits per heavy atom. The molecule has 0 saturated carbocycles. The molecule has 1 saturated heterocycles. The van der Waals surface area contributed by atoms with Gasteiger partial charge in [-0.1, -0.05) is 11.6 Å². The molecule has 1 fully saturated rings. The van der Waals surface area contributed by atoms with Crippen LogP contribution >= 0.6 is 0 Å². The highest BCUT2D eigenvalue weighted by Gasteiger charge is 2.32. The summed E-state index contributed by atoms with van der Waals surface area (Å²) in [5, 5.41) is 13.0. The number of ether oxygens (including phenoxy) is 3. The van der Waals surface area contributed by atoms with Crippen LogP contribution in [0.15, 0.2) is 11.6 Å². The van der Waals surface area contributed by atoms with E-state index in [2.05, 4.69) is 16.3 Å². The molecule has 2 N–H and O–H groups in total. The van der Waals surface area contributed by atoms with E-state index in [9.17, 15) is 14.7 Å². The van der Waals surface area contributed by atoms with Gasteiger partial charge in [-0.25, -0.2) is 4.79 Å². The van der Waals surface area contributed by atoms with E-state index in [0.29, 0.717) is 12.0 Å². The molecule has 0 aliphatic carbocycles. The number of morpholine rings is 1. The molecule has 8 heteroatoms. The fraction of sp³-hybridized carbons (Fsp3) is 0.630. The predicted octanol–water partition coefficient (Wildman–Crippen LogP) is 4.19. The second-order valence-corrected chi connectivity index (χ2v) is 9.78. The van der Waals surface area contributed by atoms with Crippen LogP contribution in [0.2, 0.25) is 0 Å². The molecule has 0 spiro atoms. The summed E-state index contributed by atoms with van der Waals surface area (Å²) in [5.74, 6) is -0.398. The van der Waals surface area contributed by atoms with Crippen LogP contribution in [0.5, 0.6) is 5.75 Å². The fourth-order valence-corrected chi connectivity index (χ4v) is 5.02. The first kappa shape index (κ1) is 27.0. The lowest BCUT2D eigenvalue weighted by molar-refractivity contribution is -0.137. The first-order valence-corrected chi connectivity index (χ1v) is 12.6. The van der Waals surface area contributed by atoms with Crippen LogP contribution in [-0.4, -0.2) is 67.9 Å². The van der Waals surface area contributed by atoms with Crippen molar-refractivity contribution in [3.05, 3.63) is 33.9 Å². The zero-order valence-electron chi connectivity index (χ0n) is 21.7. The summed E-state index contributed by atoms with van der Waals surface area (Å²) in [6, 6.07) is 0.115. The fourth-order valence-electron chi connectivity index (χ4n) is 5.02. The van der Waals surface area contributed by atoms with Gasteiger partial charge in [-0.2, -0.15) is 0 Å². The third-order valence-corrected chi connectivity index (χ3v) is 6.93. The number of carboxylic acids is 1. The Balaban J connectivity index is 1.84. The lowest BCUT2D eigenvalue weighted by Gasteiger charge is -2.27. The van der Waals surface area contributed by atoms with Gasteiger partial charge in [0, 0.05) is 30.3 Å². The molecule has 194 valence electrons. The largest absolute Gasteiger partial charge is 0.496 e. The summed E-state index contributed by atoms with van der Waals surface area (Å²) in [7, 11) is 1.64. The molecule has 1 aromatic carbocycles. The van der Waals surface area contributed by atoms with Crippen LogP contribution < -0.4 is 10.1 Å². The topological polar surface area (TPSA) is 97.3 Å². The summed E-state index contributed by atoms with van der Waals surface area (Å²) in [4.78, 5) is 26.6. The average molecular weight is 489 g/mol. The van der Waals surface area contributed by atoms with Gasteiger partial charge >= 0.3 is 11.9 Å². The third kappa shape index (κ3) is 6.76. The van der Waals surface area contributed by atoms with Crippen LogP contribution in [0, 0.1) is 12.8 Å². The number of methoxy groups -OCH3 is 1. The molecular weight excluding hydrogens is 448 g/mol. The van der Waals surface area contributed by atoms with Crippen molar-refractivity contribution in [2.75, 3.05) is 45.3 Å². The minimum absolute atomic E-state index is 0.0402. The van der Waals surface area contributed by atoms with Crippen molar-refractivity contribution in [2.45, 2.75) is 66.0 Å². The number of carbonyl (C=O) groups is 2. The van der Waals surface area contributed by atoms with E-state index in [1.54, 1.807) is 7.11 Å². The second-order valence-electron chi connectivity index (χ2n) is 9.78. The van der Waals surface area contributed by atoms with Crippen molar-refractivity contribution in [2.24, 2.45) is 5.92 Å². The van der Waals surface area contributed by atoms with Gasteiger partial charge in [0.2, 0.25) is 0 Å². The lowest BCUT2D eigenvalue weighted by atomic mass is 9.89. The first-order valence-electron chi connectivity index (χ1n) is 12.6. The Hall–Kier alpha value is -2.58. The minimum Gasteiger partial charge on any atom is -0.496 e. The van der Waals surface area contributed by atoms with Crippen molar-refractivity contribution in [3.63, 3.8) is 0 Å². The quantitative estimate of drug-likeness (QED) is 0.334. The minimum atomic E-state index is -0.787. The van der Waals surface area contributed by atoms with Gasteiger partial charge in [0.25, 0.3) is 0 Å². The lowest BCUT2D eigenvalue weighted by Crippen LogP contribution is -2.37. The van der Waals surface area contributed by atoms with Crippen LogP contribution in [0.1, 0.15) is 67.1 Å². The summed E-state index contributed by atoms with van der Waals surface area (Å²) in [6.07, 6.45) is 4.49. The maximum absolute atomic E-state index is 12.6. The number of fused-ring (bicyclic) bond motifs is 1. The second kappa shape index (κ2) is 12.4. The standard InChI is InChI=1S/C27H40N2O6/c1-17(2)28-25-21(26(33-5)19(4)22-16-35-27(32)24(22)25)9-8-18(3)20(15-23(30)31)7-6-10-29-11-13-34-14-12-29/h8,17,20,28H,6-7,9-16H2,1-5H3,(H,30,31)/b18-8+. The van der Waals surface area contributed by atoms with Crippen molar-refractivity contribution < 1.29 is 28.9 Å². The van der Waals surface area contributed by atoms with E-state index in [0.717, 1.165) is 79.4 Å². The molecule has 2 aliphatic heterocycles. The van der Waals surface area contributed by atoms with E-state index in [1.165, 1.54) is 0 Å². The van der Waals surface area contributed by atoms with Crippen molar-refractivity contribution in [1.29, 1.82) is 0 Å². The van der Waals surface area contributed by atoms with E-state index >= 15 is 0 Å². The normalized spacial score (nSPS) is 17.3. The Bertz CT molecular complexity index is 950. The molecular formula is C27H40N2O6. The first-order chi connectivity index (χ1) is 16.7. The Morgan fingerprint density at radius 3 is 2.63 bits per heavy atom. The van der Waals surface area contributed by atoms with E-state index in [1.807, 2.05) is 27.7 Å². The number of nitrogens with zero attached hydrogens (tertiary/aromatic N) is 1. The Labute approximate surface area is 208 Å². The molecule has 3 rings (SSSR count). The van der Waals surface area contributed by atoms with Gasteiger partial charge in [0.1, 0.15) is 12.4 Å². The number of benzene rings is 1. The highest BCUT2D eigenvalue weighted by atomic mass is 16.5. The van der Waals surface area contributed by atoms with Crippen LogP contribution in [0.25, 0.3) is 0 Å². The number of carbonyl (C=O) groups excluding carboxylic acids is 1. The molecule has 35 heavy (non-hydrogen) atoms. The molecule has 8 nitrogen and oxygen atoms in total. The molecule has 0 bridgehead atoms. The molecule has 1 aromatic rings. The van der Waals surface area contributed by atoms with Crippen LogP contribution in [0.4, 0.5) is 5.69 Å². The maximum Gasteiger partial charge on any atom is 0.341 e. The van der Waals surface area contributed by atoms with Gasteiger partial charge < -0.3 is 24.6 Å². The Morgan fingerprint density at radius 2 is 2.00 bits per heavy atom. The number of hydrogen-bond donors (Lipinski definition) is 2. The van der Waals surface area contributed by atoms with Crippen molar-refractivity contribution in [3.8, 4) is 5.75 Å². The predicted molar refractivity (Wildman–Crippen MR) is 135 cm³/mol. The van der Waals surface area contributed by atoms with E-state index in [4.69, 9.17) is 14.2 Å². The van der Waals surface area contributed by atoms with Crippen LogP contribution in [0.3, 0.4) is 0 Å². The smallest absolute Gasteiger partial charge is 0.341 e. The SMILES string of the molecule is COc1c(C)c2c(c(NC(C)C)c1C/C=C(\C)C(CCCN1CCOCC1)CC(=O)O)C(=O)OC2. The molecule has 2 heterocycles. The molecule has 1 unspecified atom stereocenters. The van der Waals surface area contributed by atoms with Gasteiger partial charge in [0.15, 0.2) is 0 Å². The number of carboxylic acid groups (broad SMARTS) is 1. The van der Waals surface area contributed by atoms with Gasteiger partial charge in [-0.3, -0.25) is 9.69 Å². The van der Waals surface area contributed by atoms with Crippen molar-refractivity contribution >= 4 is 17.6 Å².